The zero-order valence-electron chi connectivity index (χ0n) is 12.7. The molecule has 1 N–H and O–H groups in total. The maximum Gasteiger partial charge on any atom is 0.252 e. The summed E-state index contributed by atoms with van der Waals surface area (Å²) in [6.45, 7) is 1.59. The van der Waals surface area contributed by atoms with Crippen LogP contribution in [-0.2, 0) is 14.8 Å². The zero-order valence-corrected chi connectivity index (χ0v) is 15.1. The molecule has 0 radical (unpaired) electrons. The zero-order chi connectivity index (χ0) is 17.0. The molecule has 124 valence electrons. The fourth-order valence-electron chi connectivity index (χ4n) is 1.99. The summed E-state index contributed by atoms with van der Waals surface area (Å²) < 4.78 is 26.2. The van der Waals surface area contributed by atoms with Gasteiger partial charge in [-0.05, 0) is 24.6 Å². The smallest absolute Gasteiger partial charge is 0.252 e. The molecule has 0 aliphatic heterocycles. The molecule has 0 saturated carbocycles. The van der Waals surface area contributed by atoms with Gasteiger partial charge in [0.15, 0.2) is 0 Å². The number of nitrogens with zero attached hydrogens (tertiary/aromatic N) is 1. The second-order valence-corrected chi connectivity index (χ2v) is 9.01. The number of hydrogen-bond donors (Lipinski definition) is 1. The van der Waals surface area contributed by atoms with Crippen LogP contribution in [0.1, 0.15) is 18.5 Å². The lowest BCUT2D eigenvalue weighted by molar-refractivity contribution is -0.121. The summed E-state index contributed by atoms with van der Waals surface area (Å²) in [6.07, 6.45) is 0. The normalized spacial score (nSPS) is 13.0. The molecule has 0 spiro atoms. The van der Waals surface area contributed by atoms with Gasteiger partial charge < -0.3 is 5.32 Å². The second kappa shape index (κ2) is 7.44. The van der Waals surface area contributed by atoms with E-state index >= 15 is 0 Å². The van der Waals surface area contributed by atoms with E-state index in [4.69, 9.17) is 11.6 Å². The van der Waals surface area contributed by atoms with Crippen molar-refractivity contribution in [3.63, 3.8) is 0 Å². The Morgan fingerprint density at radius 3 is 2.48 bits per heavy atom. The number of sulfonamides is 1. The summed E-state index contributed by atoms with van der Waals surface area (Å²) in [5.41, 5.74) is 0.955. The van der Waals surface area contributed by atoms with Gasteiger partial charge in [0.05, 0.1) is 16.9 Å². The number of carbonyl (C=O) groups is 1. The molecule has 1 unspecified atom stereocenters. The number of nitrogens with one attached hydrogen (secondary N) is 1. The Bertz CT molecular complexity index is 775. The van der Waals surface area contributed by atoms with Crippen LogP contribution in [0.4, 0.5) is 0 Å². The predicted octanol–water partition coefficient (Wildman–Crippen LogP) is 2.90. The third-order valence-corrected chi connectivity index (χ3v) is 6.76. The van der Waals surface area contributed by atoms with Gasteiger partial charge in [0.1, 0.15) is 4.21 Å². The van der Waals surface area contributed by atoms with Crippen molar-refractivity contribution < 1.29 is 13.2 Å². The van der Waals surface area contributed by atoms with E-state index in [1.54, 1.807) is 0 Å². The van der Waals surface area contributed by atoms with E-state index in [0.717, 1.165) is 21.2 Å². The molecule has 0 fully saturated rings. The van der Waals surface area contributed by atoms with E-state index in [0.29, 0.717) is 4.34 Å². The molecule has 0 aliphatic rings. The van der Waals surface area contributed by atoms with Crippen molar-refractivity contribution in [3.8, 4) is 0 Å². The van der Waals surface area contributed by atoms with Crippen molar-refractivity contribution in [2.24, 2.45) is 0 Å². The quantitative estimate of drug-likeness (QED) is 0.847. The highest BCUT2D eigenvalue weighted by Crippen LogP contribution is 2.27. The van der Waals surface area contributed by atoms with E-state index in [2.05, 4.69) is 5.32 Å². The number of halogens is 1. The van der Waals surface area contributed by atoms with Gasteiger partial charge in [-0.15, -0.1) is 11.3 Å². The van der Waals surface area contributed by atoms with Crippen molar-refractivity contribution in [1.29, 1.82) is 0 Å². The van der Waals surface area contributed by atoms with Crippen LogP contribution >= 0.6 is 22.9 Å². The number of benzene rings is 1. The first kappa shape index (κ1) is 17.9. The molecule has 5 nitrogen and oxygen atoms in total. The third-order valence-electron chi connectivity index (χ3n) is 3.26. The van der Waals surface area contributed by atoms with Crippen molar-refractivity contribution in [3.05, 3.63) is 52.4 Å². The average molecular weight is 373 g/mol. The van der Waals surface area contributed by atoms with Gasteiger partial charge in [-0.3, -0.25) is 4.79 Å². The van der Waals surface area contributed by atoms with E-state index < -0.39 is 10.0 Å². The number of amides is 1. The number of thiophene rings is 1. The van der Waals surface area contributed by atoms with Crippen LogP contribution in [0, 0.1) is 0 Å². The average Bonchev–Trinajstić information content (AvgIpc) is 2.95. The summed E-state index contributed by atoms with van der Waals surface area (Å²) in [5, 5.41) is 2.79. The molecule has 1 atom stereocenters. The molecule has 0 bridgehead atoms. The Morgan fingerprint density at radius 1 is 1.26 bits per heavy atom. The highest BCUT2D eigenvalue weighted by Gasteiger charge is 2.25. The van der Waals surface area contributed by atoms with Crippen molar-refractivity contribution >= 4 is 38.9 Å². The molecule has 2 aromatic rings. The van der Waals surface area contributed by atoms with Crippen LogP contribution in [0.2, 0.25) is 4.34 Å². The number of hydrogen-bond acceptors (Lipinski definition) is 4. The van der Waals surface area contributed by atoms with Crippen LogP contribution in [0.5, 0.6) is 0 Å². The maximum absolute atomic E-state index is 12.3. The largest absolute Gasteiger partial charge is 0.348 e. The lowest BCUT2D eigenvalue weighted by atomic mass is 10.1. The van der Waals surface area contributed by atoms with Crippen molar-refractivity contribution in [2.75, 3.05) is 13.6 Å². The number of carbonyl (C=O) groups excluding carboxylic acids is 1. The fraction of sp³-hybridized carbons (Fsp3) is 0.267. The standard InChI is InChI=1S/C15H17ClN2O3S2/c1-11(12-6-4-3-5-7-12)17-14(19)10-18(2)23(20,21)15-9-8-13(16)22-15/h3-9,11H,10H2,1-2H3,(H,17,19). The van der Waals surface area contributed by atoms with E-state index in [9.17, 15) is 13.2 Å². The van der Waals surface area contributed by atoms with Crippen LogP contribution in [-0.4, -0.2) is 32.2 Å². The van der Waals surface area contributed by atoms with E-state index in [1.165, 1.54) is 19.2 Å². The van der Waals surface area contributed by atoms with Crippen molar-refractivity contribution in [1.82, 2.24) is 9.62 Å². The summed E-state index contributed by atoms with van der Waals surface area (Å²) in [6, 6.07) is 12.2. The summed E-state index contributed by atoms with van der Waals surface area (Å²) >= 11 is 6.73. The molecular weight excluding hydrogens is 356 g/mol. The Labute approximate surface area is 144 Å². The molecule has 2 rings (SSSR count). The minimum absolute atomic E-state index is 0.119. The highest BCUT2D eigenvalue weighted by molar-refractivity contribution is 7.91. The molecule has 0 aliphatic carbocycles. The first-order chi connectivity index (χ1) is 10.8. The van der Waals surface area contributed by atoms with Crippen LogP contribution < -0.4 is 5.32 Å². The fourth-order valence-corrected chi connectivity index (χ4v) is 4.81. The number of rotatable bonds is 6. The molecule has 8 heteroatoms. The first-order valence-corrected chi connectivity index (χ1v) is 9.50. The van der Waals surface area contributed by atoms with Gasteiger partial charge in [0, 0.05) is 7.05 Å². The molecule has 1 aromatic heterocycles. The SMILES string of the molecule is CC(NC(=O)CN(C)S(=O)(=O)c1ccc(Cl)s1)c1ccccc1. The molecule has 1 aromatic carbocycles. The summed E-state index contributed by atoms with van der Waals surface area (Å²) in [4.78, 5) is 12.1. The first-order valence-electron chi connectivity index (χ1n) is 6.86. The summed E-state index contributed by atoms with van der Waals surface area (Å²) in [7, 11) is -2.34. The molecular formula is C15H17ClN2O3S2. The Morgan fingerprint density at radius 2 is 1.91 bits per heavy atom. The minimum atomic E-state index is -3.71. The molecule has 23 heavy (non-hydrogen) atoms. The van der Waals surface area contributed by atoms with Crippen molar-refractivity contribution in [2.45, 2.75) is 17.2 Å². The molecule has 1 heterocycles. The monoisotopic (exact) mass is 372 g/mol. The highest BCUT2D eigenvalue weighted by atomic mass is 35.5. The van der Waals surface area contributed by atoms with E-state index in [1.807, 2.05) is 37.3 Å². The Kier molecular flexibility index (Phi) is 5.80. The molecule has 1 amide bonds. The maximum atomic E-state index is 12.3. The van der Waals surface area contributed by atoms with Gasteiger partial charge in [0.25, 0.3) is 10.0 Å². The van der Waals surface area contributed by atoms with Gasteiger partial charge in [-0.25, -0.2) is 8.42 Å². The lowest BCUT2D eigenvalue weighted by Crippen LogP contribution is -2.39. The molecule has 0 saturated heterocycles. The minimum Gasteiger partial charge on any atom is -0.348 e. The summed E-state index contributed by atoms with van der Waals surface area (Å²) in [5.74, 6) is -0.366. The van der Waals surface area contributed by atoms with E-state index in [-0.39, 0.29) is 22.7 Å². The lowest BCUT2D eigenvalue weighted by Gasteiger charge is -2.18. The Balaban J connectivity index is 1.99. The third kappa shape index (κ3) is 4.54. The van der Waals surface area contributed by atoms with Crippen LogP contribution in [0.3, 0.4) is 0 Å². The predicted molar refractivity (Wildman–Crippen MR) is 92.1 cm³/mol. The number of likely N-dealkylation sites (N-methyl/N-ethyl adjacent to an activating group) is 1. The van der Waals surface area contributed by atoms with Gasteiger partial charge in [0.2, 0.25) is 5.91 Å². The van der Waals surface area contributed by atoms with Gasteiger partial charge in [-0.2, -0.15) is 4.31 Å². The van der Waals surface area contributed by atoms with Crippen LogP contribution in [0.25, 0.3) is 0 Å². The van der Waals surface area contributed by atoms with Gasteiger partial charge in [-0.1, -0.05) is 41.9 Å². The second-order valence-electron chi connectivity index (χ2n) is 5.02. The topological polar surface area (TPSA) is 66.5 Å². The van der Waals surface area contributed by atoms with Crippen LogP contribution in [0.15, 0.2) is 46.7 Å². The van der Waals surface area contributed by atoms with Gasteiger partial charge >= 0.3 is 0 Å². The Hall–Kier alpha value is -1.41.